The first-order valence-electron chi connectivity index (χ1n) is 6.35. The maximum Gasteiger partial charge on any atom is 0.124 e. The number of nitrogens with zero attached hydrogens (tertiary/aromatic N) is 2. The molecule has 5 nitrogen and oxygen atoms in total. The first-order chi connectivity index (χ1) is 8.45. The molecular weight excluding hydrogens is 218 g/mol. The van der Waals surface area contributed by atoms with E-state index < -0.39 is 0 Å². The van der Waals surface area contributed by atoms with Crippen LogP contribution in [0.15, 0.2) is 16.9 Å². The van der Waals surface area contributed by atoms with Crippen LogP contribution in [0, 0.1) is 0 Å². The van der Waals surface area contributed by atoms with Crippen LogP contribution in [0.2, 0.25) is 0 Å². The predicted octanol–water partition coefficient (Wildman–Crippen LogP) is 0.877. The van der Waals surface area contributed by atoms with E-state index in [4.69, 9.17) is 9.26 Å². The van der Waals surface area contributed by atoms with Gasteiger partial charge in [-0.3, -0.25) is 0 Å². The molecule has 0 atom stereocenters. The summed E-state index contributed by atoms with van der Waals surface area (Å²) in [6, 6.07) is 1.83. The van der Waals surface area contributed by atoms with E-state index in [9.17, 15) is 0 Å². The van der Waals surface area contributed by atoms with Gasteiger partial charge in [0.15, 0.2) is 0 Å². The summed E-state index contributed by atoms with van der Waals surface area (Å²) in [6.45, 7) is 7.17. The third kappa shape index (κ3) is 4.85. The van der Waals surface area contributed by atoms with Crippen LogP contribution in [0.3, 0.4) is 0 Å². The highest BCUT2D eigenvalue weighted by Crippen LogP contribution is 2.00. The van der Waals surface area contributed by atoms with E-state index >= 15 is 0 Å². The SMILES string of the molecule is c1cc(COCCCCN2CCNCC2)no1. The number of piperazine rings is 1. The van der Waals surface area contributed by atoms with Crippen molar-refractivity contribution in [3.05, 3.63) is 18.0 Å². The second kappa shape index (κ2) is 7.42. The molecule has 0 spiro atoms. The van der Waals surface area contributed by atoms with Crippen molar-refractivity contribution >= 4 is 0 Å². The van der Waals surface area contributed by atoms with Crippen LogP contribution in [0.5, 0.6) is 0 Å². The number of rotatable bonds is 7. The highest BCUT2D eigenvalue weighted by Gasteiger charge is 2.07. The van der Waals surface area contributed by atoms with E-state index in [1.165, 1.54) is 26.1 Å². The largest absolute Gasteiger partial charge is 0.375 e. The lowest BCUT2D eigenvalue weighted by molar-refractivity contribution is 0.109. The molecule has 1 aliphatic rings. The molecule has 1 saturated heterocycles. The number of hydrogen-bond acceptors (Lipinski definition) is 5. The van der Waals surface area contributed by atoms with Gasteiger partial charge in [-0.1, -0.05) is 5.16 Å². The van der Waals surface area contributed by atoms with Crippen LogP contribution in [0.1, 0.15) is 18.5 Å². The van der Waals surface area contributed by atoms with Crippen LogP contribution in [0.4, 0.5) is 0 Å². The van der Waals surface area contributed by atoms with E-state index in [1.54, 1.807) is 6.26 Å². The first-order valence-corrected chi connectivity index (χ1v) is 6.35. The van der Waals surface area contributed by atoms with E-state index in [0.717, 1.165) is 31.8 Å². The smallest absolute Gasteiger partial charge is 0.124 e. The van der Waals surface area contributed by atoms with Gasteiger partial charge in [0, 0.05) is 38.9 Å². The first kappa shape index (κ1) is 12.5. The second-order valence-corrected chi connectivity index (χ2v) is 4.34. The molecular formula is C12H21N3O2. The minimum atomic E-state index is 0.560. The summed E-state index contributed by atoms with van der Waals surface area (Å²) in [4.78, 5) is 2.51. The van der Waals surface area contributed by atoms with Crippen molar-refractivity contribution in [1.82, 2.24) is 15.4 Å². The quantitative estimate of drug-likeness (QED) is 0.716. The van der Waals surface area contributed by atoms with Crippen LogP contribution < -0.4 is 5.32 Å². The van der Waals surface area contributed by atoms with Gasteiger partial charge in [-0.2, -0.15) is 0 Å². The van der Waals surface area contributed by atoms with Crippen LogP contribution in [-0.4, -0.2) is 49.4 Å². The highest BCUT2D eigenvalue weighted by molar-refractivity contribution is 4.92. The van der Waals surface area contributed by atoms with Gasteiger partial charge in [0.1, 0.15) is 12.0 Å². The molecule has 2 heterocycles. The minimum absolute atomic E-state index is 0.560. The number of nitrogens with one attached hydrogen (secondary N) is 1. The van der Waals surface area contributed by atoms with Crippen molar-refractivity contribution < 1.29 is 9.26 Å². The molecule has 0 radical (unpaired) electrons. The van der Waals surface area contributed by atoms with Gasteiger partial charge in [-0.05, 0) is 19.4 Å². The maximum atomic E-state index is 5.51. The Bertz CT molecular complexity index is 284. The molecule has 1 aromatic heterocycles. The maximum absolute atomic E-state index is 5.51. The van der Waals surface area contributed by atoms with E-state index in [0.29, 0.717) is 6.61 Å². The Kier molecular flexibility index (Phi) is 5.48. The molecule has 0 amide bonds. The van der Waals surface area contributed by atoms with Gasteiger partial charge in [-0.15, -0.1) is 0 Å². The Hall–Kier alpha value is -0.910. The van der Waals surface area contributed by atoms with Crippen molar-refractivity contribution in [2.75, 3.05) is 39.3 Å². The Labute approximate surface area is 102 Å². The molecule has 1 N–H and O–H groups in total. The average molecular weight is 239 g/mol. The van der Waals surface area contributed by atoms with Crippen molar-refractivity contribution in [2.24, 2.45) is 0 Å². The Morgan fingerprint density at radius 1 is 1.35 bits per heavy atom. The Balaban J connectivity index is 1.43. The Morgan fingerprint density at radius 2 is 2.24 bits per heavy atom. The van der Waals surface area contributed by atoms with Gasteiger partial charge in [0.25, 0.3) is 0 Å². The molecule has 17 heavy (non-hydrogen) atoms. The molecule has 5 heteroatoms. The van der Waals surface area contributed by atoms with Gasteiger partial charge in [0.05, 0.1) is 6.61 Å². The van der Waals surface area contributed by atoms with Crippen LogP contribution in [-0.2, 0) is 11.3 Å². The van der Waals surface area contributed by atoms with Gasteiger partial charge in [0.2, 0.25) is 0 Å². The zero-order chi connectivity index (χ0) is 11.8. The summed E-state index contributed by atoms with van der Waals surface area (Å²) in [5.74, 6) is 0. The molecule has 1 aromatic rings. The van der Waals surface area contributed by atoms with E-state index in [1.807, 2.05) is 6.07 Å². The zero-order valence-electron chi connectivity index (χ0n) is 10.2. The molecule has 2 rings (SSSR count). The summed E-state index contributed by atoms with van der Waals surface area (Å²) in [5, 5.41) is 7.15. The number of aromatic nitrogens is 1. The minimum Gasteiger partial charge on any atom is -0.375 e. The molecule has 0 unspecified atom stereocenters. The number of ether oxygens (including phenoxy) is 1. The second-order valence-electron chi connectivity index (χ2n) is 4.34. The van der Waals surface area contributed by atoms with E-state index in [2.05, 4.69) is 15.4 Å². The highest BCUT2D eigenvalue weighted by atomic mass is 16.5. The van der Waals surface area contributed by atoms with E-state index in [-0.39, 0.29) is 0 Å². The summed E-state index contributed by atoms with van der Waals surface area (Å²) in [7, 11) is 0. The molecule has 0 aliphatic carbocycles. The van der Waals surface area contributed by atoms with Crippen molar-refractivity contribution in [3.63, 3.8) is 0 Å². The fraction of sp³-hybridized carbons (Fsp3) is 0.750. The lowest BCUT2D eigenvalue weighted by Crippen LogP contribution is -2.43. The summed E-state index contributed by atoms with van der Waals surface area (Å²) in [6.07, 6.45) is 3.89. The lowest BCUT2D eigenvalue weighted by atomic mass is 10.2. The molecule has 0 saturated carbocycles. The van der Waals surface area contributed by atoms with Crippen LogP contribution in [0.25, 0.3) is 0 Å². The number of unbranched alkanes of at least 4 members (excludes halogenated alkanes) is 1. The third-order valence-corrected chi connectivity index (χ3v) is 2.96. The molecule has 96 valence electrons. The third-order valence-electron chi connectivity index (χ3n) is 2.96. The van der Waals surface area contributed by atoms with Crippen LogP contribution >= 0.6 is 0 Å². The fourth-order valence-electron chi connectivity index (χ4n) is 1.96. The average Bonchev–Trinajstić information content (AvgIpc) is 2.88. The fourth-order valence-corrected chi connectivity index (χ4v) is 1.96. The van der Waals surface area contributed by atoms with Gasteiger partial charge < -0.3 is 19.5 Å². The standard InChI is InChI=1S/C12H21N3O2/c1(6-15-7-4-13-5-8-15)2-9-16-11-12-3-10-17-14-12/h3,10,13H,1-2,4-9,11H2. The Morgan fingerprint density at radius 3 is 3.00 bits per heavy atom. The lowest BCUT2D eigenvalue weighted by Gasteiger charge is -2.26. The molecule has 1 fully saturated rings. The van der Waals surface area contributed by atoms with Crippen molar-refractivity contribution in [2.45, 2.75) is 19.4 Å². The molecule has 1 aliphatic heterocycles. The summed E-state index contributed by atoms with van der Waals surface area (Å²) >= 11 is 0. The summed E-state index contributed by atoms with van der Waals surface area (Å²) in [5.41, 5.74) is 0.868. The molecule has 0 aromatic carbocycles. The molecule has 0 bridgehead atoms. The van der Waals surface area contributed by atoms with Gasteiger partial charge >= 0.3 is 0 Å². The van der Waals surface area contributed by atoms with Crippen molar-refractivity contribution in [1.29, 1.82) is 0 Å². The van der Waals surface area contributed by atoms with Gasteiger partial charge in [-0.25, -0.2) is 0 Å². The predicted molar refractivity (Wildman–Crippen MR) is 64.7 cm³/mol. The monoisotopic (exact) mass is 239 g/mol. The number of hydrogen-bond donors (Lipinski definition) is 1. The summed E-state index contributed by atoms with van der Waals surface area (Å²) < 4.78 is 10.2. The zero-order valence-corrected chi connectivity index (χ0v) is 10.2. The van der Waals surface area contributed by atoms with Crippen molar-refractivity contribution in [3.8, 4) is 0 Å². The normalized spacial score (nSPS) is 17.4. The topological polar surface area (TPSA) is 50.5 Å².